The van der Waals surface area contributed by atoms with Gasteiger partial charge in [0.15, 0.2) is 0 Å². The van der Waals surface area contributed by atoms with Crippen molar-refractivity contribution >= 4 is 6.16 Å². The second-order valence-corrected chi connectivity index (χ2v) is 8.74. The van der Waals surface area contributed by atoms with E-state index in [-0.39, 0.29) is 0 Å². The molecule has 0 rings (SSSR count). The topological polar surface area (TPSA) is 60.4 Å². The number of hydrogen-bond acceptors (Lipinski definition) is 2. The fourth-order valence-corrected chi connectivity index (χ4v) is 4.17. The third-order valence-electron chi connectivity index (χ3n) is 5.94. The smallest absolute Gasteiger partial charge is 0.249 e. The van der Waals surface area contributed by atoms with E-state index >= 15 is 0 Å². The van der Waals surface area contributed by atoms with E-state index in [1.807, 2.05) is 0 Å². The molecule has 176 valence electrons. The first kappa shape index (κ1) is 30.4. The van der Waals surface area contributed by atoms with Crippen LogP contribution in [0.15, 0.2) is 0 Å². The van der Waals surface area contributed by atoms with Crippen molar-refractivity contribution in [2.45, 2.75) is 130 Å². The minimum Gasteiger partial charge on any atom is -0.565 e. The Labute approximate surface area is 182 Å². The van der Waals surface area contributed by atoms with E-state index in [0.717, 1.165) is 0 Å². The molecule has 0 spiro atoms. The maximum Gasteiger partial charge on any atom is 0.249 e. The minimum atomic E-state index is -2.08. The molecule has 0 aromatic rings. The molecule has 0 heterocycles. The van der Waals surface area contributed by atoms with Gasteiger partial charge in [0, 0.05) is 0 Å². The van der Waals surface area contributed by atoms with Gasteiger partial charge in [0.05, 0.1) is 26.2 Å². The maximum atomic E-state index is 8.44. The standard InChI is InChI=1S/C24H52N.CH2O3/c1-5-9-13-17-21-25(22-18-14-10-6-2,23-19-15-11-7-3)24-20-16-12-8-4;2-1(3)4/h5-24H2,1-4H3;(H2,2,3,4)/q+1;/p-1. The average Bonchev–Trinajstić information content (AvgIpc) is 2.69. The molecule has 0 fully saturated rings. The van der Waals surface area contributed by atoms with Gasteiger partial charge in [-0.1, -0.05) is 79.1 Å². The minimum absolute atomic E-state index is 1.36. The molecular formula is C25H53NO3. The Morgan fingerprint density at radius 2 is 0.759 bits per heavy atom. The number of hydrogen-bond donors (Lipinski definition) is 1. The molecule has 0 aliphatic carbocycles. The highest BCUT2D eigenvalue weighted by atomic mass is 16.6. The van der Waals surface area contributed by atoms with E-state index in [1.165, 1.54) is 133 Å². The lowest BCUT2D eigenvalue weighted by atomic mass is 10.1. The lowest BCUT2D eigenvalue weighted by Crippen LogP contribution is -2.50. The summed E-state index contributed by atoms with van der Waals surface area (Å²) in [5, 5.41) is 15.3. The van der Waals surface area contributed by atoms with Crippen LogP contribution in [0.3, 0.4) is 0 Å². The van der Waals surface area contributed by atoms with Gasteiger partial charge in [-0.15, -0.1) is 0 Å². The molecule has 0 aromatic heterocycles. The fraction of sp³-hybridized carbons (Fsp3) is 0.960. The zero-order valence-corrected chi connectivity index (χ0v) is 20.4. The Kier molecular flexibility index (Phi) is 24.7. The van der Waals surface area contributed by atoms with Crippen LogP contribution in [0.2, 0.25) is 0 Å². The maximum absolute atomic E-state index is 8.44. The third-order valence-corrected chi connectivity index (χ3v) is 5.94. The van der Waals surface area contributed by atoms with Gasteiger partial charge in [-0.3, -0.25) is 0 Å². The van der Waals surface area contributed by atoms with Crippen molar-refractivity contribution in [1.82, 2.24) is 0 Å². The van der Waals surface area contributed by atoms with Crippen molar-refractivity contribution in [3.05, 3.63) is 0 Å². The van der Waals surface area contributed by atoms with Gasteiger partial charge in [-0.25, -0.2) is 0 Å². The van der Waals surface area contributed by atoms with Crippen LogP contribution in [0, 0.1) is 0 Å². The van der Waals surface area contributed by atoms with Crippen LogP contribution in [0.4, 0.5) is 4.79 Å². The molecule has 1 N–H and O–H groups in total. The van der Waals surface area contributed by atoms with E-state index in [1.54, 1.807) is 0 Å². The van der Waals surface area contributed by atoms with Gasteiger partial charge in [-0.2, -0.15) is 0 Å². The Morgan fingerprint density at radius 1 is 0.552 bits per heavy atom. The van der Waals surface area contributed by atoms with E-state index in [4.69, 9.17) is 15.0 Å². The zero-order valence-electron chi connectivity index (χ0n) is 20.4. The van der Waals surface area contributed by atoms with Crippen LogP contribution in [-0.4, -0.2) is 41.9 Å². The summed E-state index contributed by atoms with van der Waals surface area (Å²) in [4.78, 5) is 8.44. The molecule has 0 saturated heterocycles. The van der Waals surface area contributed by atoms with Crippen LogP contribution in [0.5, 0.6) is 0 Å². The summed E-state index contributed by atoms with van der Waals surface area (Å²) >= 11 is 0. The molecule has 0 aliphatic heterocycles. The number of carbonyl (C=O) groups is 1. The molecule has 0 radical (unpaired) electrons. The highest BCUT2D eigenvalue weighted by Crippen LogP contribution is 2.19. The molecule has 0 unspecified atom stereocenters. The van der Waals surface area contributed by atoms with Gasteiger partial charge >= 0.3 is 0 Å². The molecule has 29 heavy (non-hydrogen) atoms. The molecule has 0 bridgehead atoms. The van der Waals surface area contributed by atoms with Gasteiger partial charge in [-0.05, 0) is 51.4 Å². The monoisotopic (exact) mass is 415 g/mol. The number of nitrogens with zero attached hydrogens (tertiary/aromatic N) is 1. The lowest BCUT2D eigenvalue weighted by Gasteiger charge is -2.39. The average molecular weight is 416 g/mol. The Hall–Kier alpha value is -0.770. The van der Waals surface area contributed by atoms with Crippen molar-refractivity contribution in [3.63, 3.8) is 0 Å². The van der Waals surface area contributed by atoms with Crippen LogP contribution in [0.1, 0.15) is 130 Å². The summed E-state index contributed by atoms with van der Waals surface area (Å²) < 4.78 is 1.46. The van der Waals surface area contributed by atoms with Crippen LogP contribution < -0.4 is 5.11 Å². The lowest BCUT2D eigenvalue weighted by molar-refractivity contribution is -0.929. The first-order valence-electron chi connectivity index (χ1n) is 12.7. The Morgan fingerprint density at radius 3 is 0.931 bits per heavy atom. The highest BCUT2D eigenvalue weighted by Gasteiger charge is 2.25. The SMILES string of the molecule is CCCCCC[N+](CCCCCC)(CCCCCC)CCCCCC.O=C([O-])O. The quantitative estimate of drug-likeness (QED) is 0.172. The first-order valence-corrected chi connectivity index (χ1v) is 12.7. The van der Waals surface area contributed by atoms with Gasteiger partial charge in [0.1, 0.15) is 0 Å². The predicted molar refractivity (Wildman–Crippen MR) is 124 cm³/mol. The van der Waals surface area contributed by atoms with Crippen molar-refractivity contribution < 1.29 is 19.5 Å². The third kappa shape index (κ3) is 23.4. The van der Waals surface area contributed by atoms with Gasteiger partial charge in [0.2, 0.25) is 6.16 Å². The molecular weight excluding hydrogens is 362 g/mol. The van der Waals surface area contributed by atoms with Crippen LogP contribution in [0.25, 0.3) is 0 Å². The first-order chi connectivity index (χ1) is 14.0. The van der Waals surface area contributed by atoms with Crippen LogP contribution in [-0.2, 0) is 0 Å². The number of unbranched alkanes of at least 4 members (excludes halogenated alkanes) is 12. The summed E-state index contributed by atoms with van der Waals surface area (Å²) in [6.07, 6.45) is 20.8. The second-order valence-electron chi connectivity index (χ2n) is 8.74. The van der Waals surface area contributed by atoms with Gasteiger partial charge in [0.25, 0.3) is 0 Å². The van der Waals surface area contributed by atoms with Crippen molar-refractivity contribution in [2.24, 2.45) is 0 Å². The van der Waals surface area contributed by atoms with E-state index < -0.39 is 6.16 Å². The van der Waals surface area contributed by atoms with E-state index in [2.05, 4.69) is 27.7 Å². The second kappa shape index (κ2) is 23.5. The normalized spacial score (nSPS) is 11.2. The van der Waals surface area contributed by atoms with E-state index in [9.17, 15) is 0 Å². The summed E-state index contributed by atoms with van der Waals surface area (Å²) in [7, 11) is 0. The van der Waals surface area contributed by atoms with Crippen molar-refractivity contribution in [3.8, 4) is 0 Å². The highest BCUT2D eigenvalue weighted by molar-refractivity contribution is 5.50. The van der Waals surface area contributed by atoms with E-state index in [0.29, 0.717) is 0 Å². The van der Waals surface area contributed by atoms with Crippen LogP contribution >= 0.6 is 0 Å². The molecule has 4 heteroatoms. The van der Waals surface area contributed by atoms with Gasteiger partial charge < -0.3 is 19.5 Å². The molecule has 0 aliphatic rings. The molecule has 0 saturated carbocycles. The summed E-state index contributed by atoms with van der Waals surface area (Å²) in [6.45, 7) is 15.2. The number of rotatable bonds is 20. The molecule has 0 amide bonds. The molecule has 0 aromatic carbocycles. The number of quaternary nitrogens is 1. The summed E-state index contributed by atoms with van der Waals surface area (Å²) in [5.74, 6) is 0. The zero-order chi connectivity index (χ0) is 22.2. The largest absolute Gasteiger partial charge is 0.565 e. The number of carboxylic acid groups (broad SMARTS) is 2. The Balaban J connectivity index is 0. The van der Waals surface area contributed by atoms with Crippen molar-refractivity contribution in [2.75, 3.05) is 26.2 Å². The Bertz CT molecular complexity index is 277. The summed E-state index contributed by atoms with van der Waals surface area (Å²) in [5.41, 5.74) is 0. The molecule has 4 nitrogen and oxygen atoms in total. The fourth-order valence-electron chi connectivity index (χ4n) is 4.17. The van der Waals surface area contributed by atoms with Crippen molar-refractivity contribution in [1.29, 1.82) is 0 Å². The molecule has 0 atom stereocenters. The predicted octanol–water partition coefficient (Wildman–Crippen LogP) is 7.01. The summed E-state index contributed by atoms with van der Waals surface area (Å²) in [6, 6.07) is 0.